The quantitative estimate of drug-likeness (QED) is 0.154. The number of hydrogen-bond acceptors (Lipinski definition) is 2. The topological polar surface area (TPSA) is 16.4 Å². The fraction of sp³-hybridized carbons (Fsp3) is 0.0175. The Morgan fingerprint density at radius 1 is 0.322 bits per heavy atom. The molecule has 0 aliphatic rings. The minimum Gasteiger partial charge on any atom is -0.455 e. The molecule has 278 valence electrons. The summed E-state index contributed by atoms with van der Waals surface area (Å²) in [7, 11) is 0. The number of anilines is 2. The third-order valence-electron chi connectivity index (χ3n) is 11.8. The molecule has 0 radical (unpaired) electrons. The zero-order valence-electron chi connectivity index (χ0n) is 32.4. The van der Waals surface area contributed by atoms with Crippen LogP contribution in [0.25, 0.3) is 88.0 Å². The number of hydrogen-bond donors (Lipinski definition) is 0. The van der Waals surface area contributed by atoms with E-state index in [9.17, 15) is 0 Å². The third kappa shape index (κ3) is 6.23. The summed E-state index contributed by atoms with van der Waals surface area (Å²) in [5.41, 5.74) is 14.6. The van der Waals surface area contributed by atoms with Gasteiger partial charge in [-0.2, -0.15) is 0 Å². The van der Waals surface area contributed by atoms with Crippen LogP contribution < -0.4 is 4.90 Å². The number of benzene rings is 10. The van der Waals surface area contributed by atoms with Gasteiger partial charge >= 0.3 is 0 Å². The summed E-state index contributed by atoms with van der Waals surface area (Å²) in [5.74, 6) is 0. The summed E-state index contributed by atoms with van der Waals surface area (Å²) in [6.07, 6.45) is 0. The first-order valence-electron chi connectivity index (χ1n) is 20.3. The highest BCUT2D eigenvalue weighted by molar-refractivity contribution is 6.17. The molecule has 0 bridgehead atoms. The van der Waals surface area contributed by atoms with Crippen LogP contribution in [0.4, 0.5) is 11.4 Å². The van der Waals surface area contributed by atoms with Crippen molar-refractivity contribution in [2.75, 3.05) is 4.90 Å². The molecule has 11 aromatic rings. The molecule has 2 heteroatoms. The Morgan fingerprint density at radius 2 is 0.915 bits per heavy atom. The molecule has 0 amide bonds. The van der Waals surface area contributed by atoms with E-state index in [1.807, 2.05) is 0 Å². The third-order valence-corrected chi connectivity index (χ3v) is 11.8. The zero-order chi connectivity index (χ0) is 39.1. The molecule has 0 aliphatic carbocycles. The lowest BCUT2D eigenvalue weighted by atomic mass is 9.94. The van der Waals surface area contributed by atoms with Crippen molar-refractivity contribution < 1.29 is 4.42 Å². The minimum atomic E-state index is 0.624. The summed E-state index contributed by atoms with van der Waals surface area (Å²) in [6, 6.07) is 81.0. The van der Waals surface area contributed by atoms with Crippen LogP contribution >= 0.6 is 0 Å². The molecule has 11 rings (SSSR count). The highest BCUT2D eigenvalue weighted by atomic mass is 16.3. The van der Waals surface area contributed by atoms with Gasteiger partial charge in [0.2, 0.25) is 0 Å². The van der Waals surface area contributed by atoms with Gasteiger partial charge in [-0.05, 0) is 85.4 Å². The lowest BCUT2D eigenvalue weighted by Crippen LogP contribution is -2.18. The van der Waals surface area contributed by atoms with Crippen molar-refractivity contribution in [3.05, 3.63) is 230 Å². The average Bonchev–Trinajstić information content (AvgIpc) is 3.71. The summed E-state index contributed by atoms with van der Waals surface area (Å²) in [6.45, 7) is 0.624. The second kappa shape index (κ2) is 14.7. The second-order valence-electron chi connectivity index (χ2n) is 15.2. The summed E-state index contributed by atoms with van der Waals surface area (Å²) >= 11 is 0. The van der Waals surface area contributed by atoms with Crippen molar-refractivity contribution in [3.63, 3.8) is 0 Å². The van der Waals surface area contributed by atoms with Gasteiger partial charge in [-0.15, -0.1) is 0 Å². The Hall–Kier alpha value is -7.68. The first-order chi connectivity index (χ1) is 29.3. The van der Waals surface area contributed by atoms with E-state index < -0.39 is 0 Å². The molecule has 0 aliphatic heterocycles. The van der Waals surface area contributed by atoms with Crippen LogP contribution in [0, 0.1) is 0 Å². The van der Waals surface area contributed by atoms with Crippen molar-refractivity contribution in [3.8, 4) is 44.5 Å². The normalized spacial score (nSPS) is 11.5. The Labute approximate surface area is 343 Å². The maximum Gasteiger partial charge on any atom is 0.143 e. The molecule has 0 N–H and O–H groups in total. The Bertz CT molecular complexity index is 3300. The Balaban J connectivity index is 1.11. The maximum absolute atomic E-state index is 6.90. The molecule has 59 heavy (non-hydrogen) atoms. The number of para-hydroxylation sites is 1. The van der Waals surface area contributed by atoms with Crippen molar-refractivity contribution in [2.24, 2.45) is 0 Å². The van der Waals surface area contributed by atoms with E-state index in [4.69, 9.17) is 4.42 Å². The van der Waals surface area contributed by atoms with E-state index in [0.717, 1.165) is 49.8 Å². The molecule has 0 spiro atoms. The van der Waals surface area contributed by atoms with E-state index in [2.05, 4.69) is 229 Å². The molecule has 2 nitrogen and oxygen atoms in total. The van der Waals surface area contributed by atoms with Crippen molar-refractivity contribution in [2.45, 2.75) is 6.54 Å². The predicted molar refractivity (Wildman–Crippen MR) is 249 cm³/mol. The van der Waals surface area contributed by atoms with E-state index in [1.54, 1.807) is 0 Å². The number of furan rings is 1. The Morgan fingerprint density at radius 3 is 1.76 bits per heavy atom. The van der Waals surface area contributed by atoms with Crippen LogP contribution in [0.5, 0.6) is 0 Å². The van der Waals surface area contributed by atoms with Crippen molar-refractivity contribution in [1.29, 1.82) is 0 Å². The van der Waals surface area contributed by atoms with Gasteiger partial charge in [0.1, 0.15) is 11.2 Å². The monoisotopic (exact) mass is 753 g/mol. The highest BCUT2D eigenvalue weighted by Gasteiger charge is 2.21. The lowest BCUT2D eigenvalue weighted by Gasteiger charge is -2.30. The predicted octanol–water partition coefficient (Wildman–Crippen LogP) is 15.9. The van der Waals surface area contributed by atoms with Gasteiger partial charge in [-0.3, -0.25) is 0 Å². The van der Waals surface area contributed by atoms with Gasteiger partial charge in [0.15, 0.2) is 0 Å². The van der Waals surface area contributed by atoms with Gasteiger partial charge in [0.25, 0.3) is 0 Å². The molecule has 0 saturated heterocycles. The van der Waals surface area contributed by atoms with Crippen LogP contribution in [0.1, 0.15) is 5.56 Å². The van der Waals surface area contributed by atoms with E-state index in [1.165, 1.54) is 55.1 Å². The molecule has 1 aromatic heterocycles. The van der Waals surface area contributed by atoms with Gasteiger partial charge in [-0.25, -0.2) is 0 Å². The molecule has 0 saturated carbocycles. The van der Waals surface area contributed by atoms with Gasteiger partial charge in [-0.1, -0.05) is 194 Å². The lowest BCUT2D eigenvalue weighted by molar-refractivity contribution is 0.673. The zero-order valence-corrected chi connectivity index (χ0v) is 32.4. The van der Waals surface area contributed by atoms with Crippen LogP contribution in [0.2, 0.25) is 0 Å². The number of rotatable bonds is 8. The SMILES string of the molecule is c1ccc(-c2ccc(N(Cc3ccccc3-c3cccc4c3oc3c5ccccc5ccc43)c3cccc(-c4cccc5ccccc45)c3)c(-c3ccccc3)c2)cc1. The fourth-order valence-electron chi connectivity index (χ4n) is 8.89. The summed E-state index contributed by atoms with van der Waals surface area (Å²) in [4.78, 5) is 2.50. The standard InChI is InChI=1S/C57H39NO/c1-3-16-39(17-4-1)43-33-35-55(54(37-43)41-18-5-2-6-19-41)58(46-25-13-24-44(36-46)48-29-14-23-40-20-7-10-26-47(40)48)38-45-22-9-11-27-49(45)51-30-15-31-52-53-34-32-42-21-8-12-28-50(42)56(53)59-57(51)52/h1-37H,38H2. The first-order valence-corrected chi connectivity index (χ1v) is 20.3. The molecular formula is C57H39NO. The minimum absolute atomic E-state index is 0.624. The van der Waals surface area contributed by atoms with Gasteiger partial charge < -0.3 is 9.32 Å². The smallest absolute Gasteiger partial charge is 0.143 e. The highest BCUT2D eigenvalue weighted by Crippen LogP contribution is 2.44. The summed E-state index contributed by atoms with van der Waals surface area (Å²) < 4.78 is 6.90. The van der Waals surface area contributed by atoms with E-state index >= 15 is 0 Å². The molecule has 0 fully saturated rings. The number of nitrogens with zero attached hydrogens (tertiary/aromatic N) is 1. The van der Waals surface area contributed by atoms with Gasteiger partial charge in [0, 0.05) is 45.2 Å². The van der Waals surface area contributed by atoms with Crippen molar-refractivity contribution >= 4 is 54.9 Å². The molecule has 0 unspecified atom stereocenters. The second-order valence-corrected chi connectivity index (χ2v) is 15.2. The largest absolute Gasteiger partial charge is 0.455 e. The van der Waals surface area contributed by atoms with Gasteiger partial charge in [0.05, 0.1) is 0 Å². The maximum atomic E-state index is 6.90. The van der Waals surface area contributed by atoms with Crippen LogP contribution in [-0.4, -0.2) is 0 Å². The number of fused-ring (bicyclic) bond motifs is 6. The average molecular weight is 754 g/mol. The van der Waals surface area contributed by atoms with Crippen LogP contribution in [-0.2, 0) is 6.54 Å². The van der Waals surface area contributed by atoms with Crippen molar-refractivity contribution in [1.82, 2.24) is 0 Å². The fourth-order valence-corrected chi connectivity index (χ4v) is 8.89. The molecular weight excluding hydrogens is 715 g/mol. The molecule has 10 aromatic carbocycles. The Kier molecular flexibility index (Phi) is 8.60. The van der Waals surface area contributed by atoms with Crippen LogP contribution in [0.15, 0.2) is 229 Å². The molecule has 0 atom stereocenters. The first kappa shape index (κ1) is 34.6. The van der Waals surface area contributed by atoms with E-state index in [0.29, 0.717) is 6.54 Å². The van der Waals surface area contributed by atoms with E-state index in [-0.39, 0.29) is 0 Å². The summed E-state index contributed by atoms with van der Waals surface area (Å²) in [5, 5.41) is 7.04. The molecule has 1 heterocycles. The van der Waals surface area contributed by atoms with Crippen LogP contribution in [0.3, 0.4) is 0 Å².